The number of hydrogen-bond donors (Lipinski definition) is 3. The Bertz CT molecular complexity index is 578. The first-order valence-corrected chi connectivity index (χ1v) is 6.83. The van der Waals surface area contributed by atoms with Crippen LogP contribution in [0.4, 0.5) is 4.79 Å². The van der Waals surface area contributed by atoms with Crippen molar-refractivity contribution >= 4 is 6.03 Å². The molecule has 1 aromatic heterocycles. The first-order valence-electron chi connectivity index (χ1n) is 6.83. The minimum absolute atomic E-state index is 0.0728. The number of hydrogen-bond acceptors (Lipinski definition) is 4. The zero-order valence-corrected chi connectivity index (χ0v) is 11.9. The molecule has 3 N–H and O–H groups in total. The average molecular weight is 289 g/mol. The third-order valence-corrected chi connectivity index (χ3v) is 2.91. The number of carbonyl (C=O) groups excluding carboxylic acids is 1. The van der Waals surface area contributed by atoms with E-state index in [1.165, 1.54) is 5.56 Å². The summed E-state index contributed by atoms with van der Waals surface area (Å²) in [4.78, 5) is 15.7. The van der Waals surface area contributed by atoms with Crippen molar-refractivity contribution in [3.05, 3.63) is 41.8 Å². The minimum atomic E-state index is -0.300. The topological polar surface area (TPSA) is 87.4 Å². The minimum Gasteiger partial charge on any atom is -0.444 e. The molecule has 0 aliphatic rings. The summed E-state index contributed by atoms with van der Waals surface area (Å²) in [7, 11) is 0. The molecular formula is C15H19N3O3. The molecule has 0 fully saturated rings. The zero-order valence-electron chi connectivity index (χ0n) is 11.9. The molecule has 0 unspecified atom stereocenters. The molecule has 0 spiro atoms. The number of amides is 2. The van der Waals surface area contributed by atoms with E-state index in [9.17, 15) is 4.79 Å². The molecule has 6 heteroatoms. The predicted octanol–water partition coefficient (Wildman–Crippen LogP) is 1.48. The van der Waals surface area contributed by atoms with Crippen molar-refractivity contribution in [1.82, 2.24) is 15.6 Å². The Morgan fingerprint density at radius 1 is 1.24 bits per heavy atom. The van der Waals surface area contributed by atoms with Crippen LogP contribution in [0, 0.1) is 6.92 Å². The van der Waals surface area contributed by atoms with Crippen molar-refractivity contribution in [3.63, 3.8) is 0 Å². The molecule has 0 saturated carbocycles. The van der Waals surface area contributed by atoms with Crippen LogP contribution in [0.25, 0.3) is 11.5 Å². The third-order valence-electron chi connectivity index (χ3n) is 2.91. The monoisotopic (exact) mass is 289 g/mol. The van der Waals surface area contributed by atoms with Gasteiger partial charge in [-0.15, -0.1) is 0 Å². The second-order valence-electron chi connectivity index (χ2n) is 4.67. The van der Waals surface area contributed by atoms with E-state index in [1.807, 2.05) is 31.2 Å². The highest BCUT2D eigenvalue weighted by atomic mass is 16.3. The van der Waals surface area contributed by atoms with Gasteiger partial charge >= 0.3 is 6.03 Å². The Morgan fingerprint density at radius 2 is 1.95 bits per heavy atom. The number of aliphatic hydroxyl groups excluding tert-OH is 1. The summed E-state index contributed by atoms with van der Waals surface area (Å²) in [6.45, 7) is 2.65. The average Bonchev–Trinajstić information content (AvgIpc) is 2.95. The number of aliphatic hydroxyl groups is 1. The maximum absolute atomic E-state index is 11.3. The molecule has 0 atom stereocenters. The number of rotatable bonds is 6. The van der Waals surface area contributed by atoms with E-state index in [0.717, 1.165) is 11.3 Å². The van der Waals surface area contributed by atoms with Crippen LogP contribution in [-0.4, -0.2) is 35.8 Å². The molecule has 6 nitrogen and oxygen atoms in total. The van der Waals surface area contributed by atoms with E-state index < -0.39 is 0 Å². The van der Waals surface area contributed by atoms with Crippen molar-refractivity contribution in [3.8, 4) is 11.5 Å². The predicted molar refractivity (Wildman–Crippen MR) is 78.9 cm³/mol. The van der Waals surface area contributed by atoms with Gasteiger partial charge in [0.2, 0.25) is 5.89 Å². The summed E-state index contributed by atoms with van der Waals surface area (Å²) in [6, 6.07) is 7.64. The van der Waals surface area contributed by atoms with Gasteiger partial charge in [0.05, 0.1) is 12.3 Å². The molecule has 21 heavy (non-hydrogen) atoms. The van der Waals surface area contributed by atoms with Gasteiger partial charge in [0.25, 0.3) is 0 Å². The molecule has 112 valence electrons. The molecular weight excluding hydrogens is 270 g/mol. The highest BCUT2D eigenvalue weighted by molar-refractivity contribution is 5.73. The summed E-state index contributed by atoms with van der Waals surface area (Å²) in [6.07, 6.45) is 2.18. The first-order chi connectivity index (χ1) is 10.2. The number of urea groups is 1. The lowest BCUT2D eigenvalue weighted by molar-refractivity contribution is 0.234. The summed E-state index contributed by atoms with van der Waals surface area (Å²) in [5.41, 5.74) is 2.90. The van der Waals surface area contributed by atoms with Crippen LogP contribution < -0.4 is 10.6 Å². The van der Waals surface area contributed by atoms with Crippen molar-refractivity contribution in [1.29, 1.82) is 0 Å². The van der Waals surface area contributed by atoms with Crippen molar-refractivity contribution in [2.75, 3.05) is 19.7 Å². The molecule has 0 bridgehead atoms. The Kier molecular flexibility index (Phi) is 5.34. The molecule has 0 saturated heterocycles. The van der Waals surface area contributed by atoms with Crippen LogP contribution in [0.1, 0.15) is 11.3 Å². The quantitative estimate of drug-likeness (QED) is 0.751. The molecule has 0 aliphatic carbocycles. The number of aryl methyl sites for hydroxylation is 1. The number of nitrogens with zero attached hydrogens (tertiary/aromatic N) is 1. The van der Waals surface area contributed by atoms with Gasteiger partial charge in [-0.1, -0.05) is 17.7 Å². The van der Waals surface area contributed by atoms with E-state index in [1.54, 1.807) is 6.26 Å². The zero-order chi connectivity index (χ0) is 15.1. The van der Waals surface area contributed by atoms with E-state index in [4.69, 9.17) is 9.52 Å². The molecule has 1 heterocycles. The van der Waals surface area contributed by atoms with Crippen LogP contribution in [0.5, 0.6) is 0 Å². The number of nitrogens with one attached hydrogen (secondary N) is 2. The van der Waals surface area contributed by atoms with Gasteiger partial charge in [0.1, 0.15) is 6.26 Å². The standard InChI is InChI=1S/C15H19N3O3/c1-11-2-4-12(5-3-11)14-18-13(10-21-14)6-7-16-15(20)17-8-9-19/h2-5,10,19H,6-9H2,1H3,(H2,16,17,20). The summed E-state index contributed by atoms with van der Waals surface area (Å²) < 4.78 is 5.44. The number of carbonyl (C=O) groups is 1. The normalized spacial score (nSPS) is 10.4. The smallest absolute Gasteiger partial charge is 0.314 e. The number of aromatic nitrogens is 1. The van der Waals surface area contributed by atoms with Gasteiger partial charge in [-0.25, -0.2) is 9.78 Å². The van der Waals surface area contributed by atoms with E-state index in [-0.39, 0.29) is 19.2 Å². The van der Waals surface area contributed by atoms with Crippen molar-refractivity contribution < 1.29 is 14.3 Å². The van der Waals surface area contributed by atoms with Gasteiger partial charge < -0.3 is 20.2 Å². The van der Waals surface area contributed by atoms with Gasteiger partial charge in [-0.3, -0.25) is 0 Å². The first kappa shape index (κ1) is 15.1. The molecule has 2 amide bonds. The van der Waals surface area contributed by atoms with Gasteiger partial charge in [0.15, 0.2) is 0 Å². The molecule has 2 rings (SSSR count). The van der Waals surface area contributed by atoms with Gasteiger partial charge in [-0.05, 0) is 19.1 Å². The largest absolute Gasteiger partial charge is 0.444 e. The Morgan fingerprint density at radius 3 is 2.67 bits per heavy atom. The maximum Gasteiger partial charge on any atom is 0.314 e. The van der Waals surface area contributed by atoms with E-state index in [0.29, 0.717) is 18.9 Å². The van der Waals surface area contributed by atoms with Crippen LogP contribution in [0.3, 0.4) is 0 Å². The summed E-state index contributed by atoms with van der Waals surface area (Å²) >= 11 is 0. The fraction of sp³-hybridized carbons (Fsp3) is 0.333. The third kappa shape index (κ3) is 4.61. The molecule has 2 aromatic rings. The second kappa shape index (κ2) is 7.44. The second-order valence-corrected chi connectivity index (χ2v) is 4.67. The Balaban J connectivity index is 1.83. The highest BCUT2D eigenvalue weighted by Gasteiger charge is 2.07. The van der Waals surface area contributed by atoms with Crippen LogP contribution >= 0.6 is 0 Å². The summed E-state index contributed by atoms with van der Waals surface area (Å²) in [5, 5.41) is 13.8. The van der Waals surface area contributed by atoms with Gasteiger partial charge in [0, 0.05) is 25.1 Å². The molecule has 0 aliphatic heterocycles. The maximum atomic E-state index is 11.3. The van der Waals surface area contributed by atoms with Crippen LogP contribution in [0.2, 0.25) is 0 Å². The molecule has 1 aromatic carbocycles. The SMILES string of the molecule is Cc1ccc(-c2nc(CCNC(=O)NCCO)co2)cc1. The summed E-state index contributed by atoms with van der Waals surface area (Å²) in [5.74, 6) is 0.578. The van der Waals surface area contributed by atoms with Gasteiger partial charge in [-0.2, -0.15) is 0 Å². The lowest BCUT2D eigenvalue weighted by Gasteiger charge is -2.04. The van der Waals surface area contributed by atoms with Crippen molar-refractivity contribution in [2.45, 2.75) is 13.3 Å². The van der Waals surface area contributed by atoms with Crippen molar-refractivity contribution in [2.24, 2.45) is 0 Å². The van der Waals surface area contributed by atoms with Crippen LogP contribution in [0.15, 0.2) is 34.9 Å². The van der Waals surface area contributed by atoms with E-state index in [2.05, 4.69) is 15.6 Å². The highest BCUT2D eigenvalue weighted by Crippen LogP contribution is 2.19. The number of oxazole rings is 1. The number of benzene rings is 1. The fourth-order valence-electron chi connectivity index (χ4n) is 1.79. The fourth-order valence-corrected chi connectivity index (χ4v) is 1.79. The van der Waals surface area contributed by atoms with E-state index >= 15 is 0 Å². The lowest BCUT2D eigenvalue weighted by Crippen LogP contribution is -2.37. The molecule has 0 radical (unpaired) electrons. The Labute approximate surface area is 123 Å². The lowest BCUT2D eigenvalue weighted by atomic mass is 10.1. The Hall–Kier alpha value is -2.34. The van der Waals surface area contributed by atoms with Crippen LogP contribution in [-0.2, 0) is 6.42 Å².